The second kappa shape index (κ2) is 8.79. The average molecular weight is 198 g/mol. The number of hydrogen-bond donors (Lipinski definition) is 0. The van der Waals surface area contributed by atoms with E-state index in [2.05, 4.69) is 26.0 Å². The van der Waals surface area contributed by atoms with Crippen LogP contribution in [0.15, 0.2) is 12.2 Å². The minimum atomic E-state index is -0.0966. The number of rotatable bonds is 7. The van der Waals surface area contributed by atoms with Gasteiger partial charge in [0.1, 0.15) is 0 Å². The lowest BCUT2D eigenvalue weighted by atomic mass is 10.0. The van der Waals surface area contributed by atoms with Gasteiger partial charge in [0.2, 0.25) is 0 Å². The Kier molecular flexibility index (Phi) is 8.30. The van der Waals surface area contributed by atoms with Crippen LogP contribution in [0.1, 0.15) is 46.5 Å². The molecule has 0 fully saturated rings. The molecule has 2 nitrogen and oxygen atoms in total. The van der Waals surface area contributed by atoms with E-state index in [4.69, 9.17) is 4.74 Å². The highest BCUT2D eigenvalue weighted by Gasteiger charge is 1.98. The Hall–Kier alpha value is -0.790. The molecule has 0 aliphatic rings. The zero-order chi connectivity index (χ0) is 10.8. The van der Waals surface area contributed by atoms with Gasteiger partial charge in [0.15, 0.2) is 0 Å². The summed E-state index contributed by atoms with van der Waals surface area (Å²) >= 11 is 0. The highest BCUT2D eigenvalue weighted by atomic mass is 16.5. The molecular formula is C12H22O2. The van der Waals surface area contributed by atoms with E-state index in [0.29, 0.717) is 13.0 Å². The van der Waals surface area contributed by atoms with E-state index >= 15 is 0 Å². The first-order valence-corrected chi connectivity index (χ1v) is 5.51. The summed E-state index contributed by atoms with van der Waals surface area (Å²) < 4.78 is 4.82. The highest BCUT2D eigenvalue weighted by Crippen LogP contribution is 2.07. The Morgan fingerprint density at radius 1 is 1.36 bits per heavy atom. The first-order valence-electron chi connectivity index (χ1n) is 5.51. The molecule has 0 spiro atoms. The van der Waals surface area contributed by atoms with Crippen LogP contribution >= 0.6 is 0 Å². The standard InChI is InChI=1S/C12H22O2/c1-4-11(3)9-7-6-8-10-12(13)14-5-2/h6-7,11H,4-5,8-10H2,1-3H3/b7-6-. The summed E-state index contributed by atoms with van der Waals surface area (Å²) in [5, 5.41) is 0. The predicted molar refractivity (Wildman–Crippen MR) is 59.1 cm³/mol. The first kappa shape index (κ1) is 13.2. The SMILES string of the molecule is CCOC(=O)CC/C=C\CC(C)CC. The van der Waals surface area contributed by atoms with E-state index in [1.165, 1.54) is 6.42 Å². The lowest BCUT2D eigenvalue weighted by Crippen LogP contribution is -2.02. The van der Waals surface area contributed by atoms with Gasteiger partial charge >= 0.3 is 5.97 Å². The molecule has 0 radical (unpaired) electrons. The quantitative estimate of drug-likeness (QED) is 0.463. The molecule has 1 unspecified atom stereocenters. The van der Waals surface area contributed by atoms with Crippen molar-refractivity contribution in [3.8, 4) is 0 Å². The third-order valence-electron chi connectivity index (χ3n) is 2.22. The van der Waals surface area contributed by atoms with E-state index in [1.54, 1.807) is 0 Å². The zero-order valence-electron chi connectivity index (χ0n) is 9.58. The van der Waals surface area contributed by atoms with Crippen molar-refractivity contribution >= 4 is 5.97 Å². The lowest BCUT2D eigenvalue weighted by Gasteiger charge is -2.02. The fourth-order valence-corrected chi connectivity index (χ4v) is 1.05. The van der Waals surface area contributed by atoms with Crippen molar-refractivity contribution < 1.29 is 9.53 Å². The van der Waals surface area contributed by atoms with Gasteiger partial charge in [0, 0.05) is 6.42 Å². The van der Waals surface area contributed by atoms with Crippen LogP contribution in [0, 0.1) is 5.92 Å². The maximum absolute atomic E-state index is 10.9. The monoisotopic (exact) mass is 198 g/mol. The minimum Gasteiger partial charge on any atom is -0.466 e. The van der Waals surface area contributed by atoms with E-state index in [0.717, 1.165) is 18.8 Å². The van der Waals surface area contributed by atoms with Gasteiger partial charge in [-0.15, -0.1) is 0 Å². The molecule has 0 bridgehead atoms. The molecule has 0 heterocycles. The van der Waals surface area contributed by atoms with Crippen LogP contribution < -0.4 is 0 Å². The fourth-order valence-electron chi connectivity index (χ4n) is 1.05. The predicted octanol–water partition coefficient (Wildman–Crippen LogP) is 3.32. The Morgan fingerprint density at radius 2 is 2.07 bits per heavy atom. The van der Waals surface area contributed by atoms with Gasteiger partial charge in [0.25, 0.3) is 0 Å². The van der Waals surface area contributed by atoms with Crippen molar-refractivity contribution in [2.75, 3.05) is 6.61 Å². The summed E-state index contributed by atoms with van der Waals surface area (Å²) in [6, 6.07) is 0. The Bertz CT molecular complexity index is 173. The van der Waals surface area contributed by atoms with Gasteiger partial charge in [-0.3, -0.25) is 4.79 Å². The van der Waals surface area contributed by atoms with Crippen molar-refractivity contribution in [1.29, 1.82) is 0 Å². The first-order chi connectivity index (χ1) is 6.70. The van der Waals surface area contributed by atoms with E-state index in [-0.39, 0.29) is 5.97 Å². The third-order valence-corrected chi connectivity index (χ3v) is 2.22. The normalized spacial score (nSPS) is 13.1. The van der Waals surface area contributed by atoms with E-state index in [9.17, 15) is 4.79 Å². The second-order valence-corrected chi connectivity index (χ2v) is 3.56. The van der Waals surface area contributed by atoms with Crippen LogP contribution in [0.2, 0.25) is 0 Å². The Balaban J connectivity index is 3.39. The molecule has 1 atom stereocenters. The number of hydrogen-bond acceptors (Lipinski definition) is 2. The number of esters is 1. The van der Waals surface area contributed by atoms with Crippen LogP contribution in [0.4, 0.5) is 0 Å². The topological polar surface area (TPSA) is 26.3 Å². The summed E-state index contributed by atoms with van der Waals surface area (Å²) in [4.78, 5) is 10.9. The Morgan fingerprint density at radius 3 is 2.64 bits per heavy atom. The van der Waals surface area contributed by atoms with Crippen molar-refractivity contribution in [3.63, 3.8) is 0 Å². The molecule has 82 valence electrons. The van der Waals surface area contributed by atoms with Crippen LogP contribution in [-0.4, -0.2) is 12.6 Å². The number of ether oxygens (including phenoxy) is 1. The number of carbonyl (C=O) groups is 1. The molecule has 0 aromatic rings. The second-order valence-electron chi connectivity index (χ2n) is 3.56. The van der Waals surface area contributed by atoms with Gasteiger partial charge < -0.3 is 4.74 Å². The van der Waals surface area contributed by atoms with Gasteiger partial charge in [0.05, 0.1) is 6.61 Å². The molecule has 0 saturated heterocycles. The molecule has 0 aliphatic heterocycles. The van der Waals surface area contributed by atoms with Crippen LogP contribution in [0.5, 0.6) is 0 Å². The smallest absolute Gasteiger partial charge is 0.306 e. The average Bonchev–Trinajstić information content (AvgIpc) is 2.17. The zero-order valence-corrected chi connectivity index (χ0v) is 9.58. The molecule has 0 aromatic heterocycles. The maximum Gasteiger partial charge on any atom is 0.306 e. The molecule has 14 heavy (non-hydrogen) atoms. The largest absolute Gasteiger partial charge is 0.466 e. The van der Waals surface area contributed by atoms with Crippen molar-refractivity contribution in [3.05, 3.63) is 12.2 Å². The third kappa shape index (κ3) is 7.84. The van der Waals surface area contributed by atoms with Gasteiger partial charge in [-0.1, -0.05) is 32.4 Å². The molecular weight excluding hydrogens is 176 g/mol. The van der Waals surface area contributed by atoms with Crippen molar-refractivity contribution in [2.24, 2.45) is 5.92 Å². The molecule has 0 saturated carbocycles. The van der Waals surface area contributed by atoms with Gasteiger partial charge in [-0.25, -0.2) is 0 Å². The number of carbonyl (C=O) groups excluding carboxylic acids is 1. The van der Waals surface area contributed by atoms with Gasteiger partial charge in [-0.2, -0.15) is 0 Å². The summed E-state index contributed by atoms with van der Waals surface area (Å²) in [5.41, 5.74) is 0. The van der Waals surface area contributed by atoms with Crippen LogP contribution in [0.25, 0.3) is 0 Å². The molecule has 0 amide bonds. The molecule has 0 N–H and O–H groups in total. The van der Waals surface area contributed by atoms with Crippen LogP contribution in [0.3, 0.4) is 0 Å². The molecule has 2 heteroatoms. The fraction of sp³-hybridized carbons (Fsp3) is 0.750. The highest BCUT2D eigenvalue weighted by molar-refractivity contribution is 5.69. The maximum atomic E-state index is 10.9. The summed E-state index contributed by atoms with van der Waals surface area (Å²) in [5.74, 6) is 0.648. The lowest BCUT2D eigenvalue weighted by molar-refractivity contribution is -0.142. The summed E-state index contributed by atoms with van der Waals surface area (Å²) in [6.45, 7) is 6.74. The Labute approximate surface area is 87.3 Å². The number of allylic oxidation sites excluding steroid dienone is 2. The summed E-state index contributed by atoms with van der Waals surface area (Å²) in [7, 11) is 0. The van der Waals surface area contributed by atoms with Crippen molar-refractivity contribution in [2.45, 2.75) is 46.5 Å². The van der Waals surface area contributed by atoms with Crippen LogP contribution in [-0.2, 0) is 9.53 Å². The summed E-state index contributed by atoms with van der Waals surface area (Å²) in [6.07, 6.45) is 7.86. The molecule has 0 rings (SSSR count). The van der Waals surface area contributed by atoms with Gasteiger partial charge in [-0.05, 0) is 25.7 Å². The molecule has 0 aromatic carbocycles. The minimum absolute atomic E-state index is 0.0966. The molecule has 0 aliphatic carbocycles. The van der Waals surface area contributed by atoms with E-state index in [1.807, 2.05) is 6.92 Å². The van der Waals surface area contributed by atoms with E-state index < -0.39 is 0 Å². The van der Waals surface area contributed by atoms with Crippen molar-refractivity contribution in [1.82, 2.24) is 0 Å².